The summed E-state index contributed by atoms with van der Waals surface area (Å²) in [6.07, 6.45) is 1.03. The van der Waals surface area contributed by atoms with Crippen LogP contribution < -0.4 is 10.4 Å². The third-order valence-corrected chi connectivity index (χ3v) is 9.81. The highest BCUT2D eigenvalue weighted by atomic mass is 28.4. The number of aliphatic hydroxyl groups is 1. The molecule has 2 aromatic carbocycles. The lowest BCUT2D eigenvalue weighted by atomic mass is 10.1. The van der Waals surface area contributed by atoms with E-state index in [1.807, 2.05) is 19.1 Å². The fourth-order valence-electron chi connectivity index (χ4n) is 3.35. The molecular weight excluding hydrogens is 324 g/mol. The predicted molar refractivity (Wildman–Crippen MR) is 109 cm³/mol. The van der Waals surface area contributed by atoms with Crippen molar-refractivity contribution in [2.45, 2.75) is 38.8 Å². The summed E-state index contributed by atoms with van der Waals surface area (Å²) in [5, 5.41) is 12.6. The normalized spacial score (nSPS) is 14.8. The summed E-state index contributed by atoms with van der Waals surface area (Å²) in [7, 11) is -2.52. The van der Waals surface area contributed by atoms with E-state index in [4.69, 9.17) is 4.43 Å². The van der Waals surface area contributed by atoms with Gasteiger partial charge in [0.05, 0.1) is 6.10 Å². The molecule has 2 rings (SSSR count). The number of hydrogen-bond donors (Lipinski definition) is 1. The highest BCUT2D eigenvalue weighted by molar-refractivity contribution is 6.99. The van der Waals surface area contributed by atoms with Crippen molar-refractivity contribution in [2.24, 2.45) is 5.92 Å². The Morgan fingerprint density at radius 2 is 1.44 bits per heavy atom. The molecule has 0 aliphatic heterocycles. The first-order valence-corrected chi connectivity index (χ1v) is 10.8. The van der Waals surface area contributed by atoms with E-state index in [1.54, 1.807) is 6.08 Å². The molecule has 0 radical (unpaired) electrons. The molecule has 2 atom stereocenters. The zero-order valence-electron chi connectivity index (χ0n) is 15.8. The Labute approximate surface area is 153 Å². The van der Waals surface area contributed by atoms with E-state index in [0.717, 1.165) is 0 Å². The van der Waals surface area contributed by atoms with E-state index in [2.05, 4.69) is 75.9 Å². The fraction of sp³-hybridized carbons (Fsp3) is 0.364. The van der Waals surface area contributed by atoms with E-state index in [0.29, 0.717) is 6.61 Å². The molecule has 2 aromatic rings. The molecule has 134 valence electrons. The van der Waals surface area contributed by atoms with Crippen LogP contribution in [0.2, 0.25) is 5.04 Å². The summed E-state index contributed by atoms with van der Waals surface area (Å²) < 4.78 is 6.78. The largest absolute Gasteiger partial charge is 0.407 e. The maximum Gasteiger partial charge on any atom is 0.261 e. The Kier molecular flexibility index (Phi) is 6.39. The van der Waals surface area contributed by atoms with Crippen LogP contribution in [0.1, 0.15) is 27.7 Å². The number of rotatable bonds is 7. The number of benzene rings is 2. The van der Waals surface area contributed by atoms with E-state index < -0.39 is 14.4 Å². The minimum atomic E-state index is -2.52. The van der Waals surface area contributed by atoms with Crippen molar-refractivity contribution in [2.75, 3.05) is 6.61 Å². The predicted octanol–water partition coefficient (Wildman–Crippen LogP) is 3.75. The quantitative estimate of drug-likeness (QED) is 0.606. The summed E-state index contributed by atoms with van der Waals surface area (Å²) in [5.41, 5.74) is 0. The molecule has 1 N–H and O–H groups in total. The van der Waals surface area contributed by atoms with Crippen LogP contribution in [-0.4, -0.2) is 26.1 Å². The highest BCUT2D eigenvalue weighted by Crippen LogP contribution is 2.37. The van der Waals surface area contributed by atoms with Crippen LogP contribution >= 0.6 is 0 Å². The summed E-state index contributed by atoms with van der Waals surface area (Å²) in [5.74, 6) is -0.000788. The molecule has 0 amide bonds. The average molecular weight is 355 g/mol. The van der Waals surface area contributed by atoms with E-state index in [1.165, 1.54) is 10.4 Å². The lowest BCUT2D eigenvalue weighted by Gasteiger charge is -2.43. The van der Waals surface area contributed by atoms with Crippen LogP contribution in [-0.2, 0) is 4.43 Å². The van der Waals surface area contributed by atoms with Gasteiger partial charge in [0, 0.05) is 12.5 Å². The van der Waals surface area contributed by atoms with Crippen molar-refractivity contribution >= 4 is 18.7 Å². The zero-order chi connectivity index (χ0) is 18.5. The maximum absolute atomic E-state index is 10.1. The lowest BCUT2D eigenvalue weighted by molar-refractivity contribution is 0.117. The van der Waals surface area contributed by atoms with Crippen LogP contribution in [0.5, 0.6) is 0 Å². The van der Waals surface area contributed by atoms with Gasteiger partial charge in [0.25, 0.3) is 8.32 Å². The second-order valence-corrected chi connectivity index (χ2v) is 12.0. The molecule has 0 aliphatic rings. The average Bonchev–Trinajstić information content (AvgIpc) is 2.62. The first-order chi connectivity index (χ1) is 11.8. The molecule has 0 aliphatic carbocycles. The van der Waals surface area contributed by atoms with E-state index >= 15 is 0 Å². The van der Waals surface area contributed by atoms with Gasteiger partial charge in [-0.05, 0) is 15.4 Å². The second-order valence-electron chi connectivity index (χ2n) is 7.68. The van der Waals surface area contributed by atoms with Gasteiger partial charge in [-0.1, -0.05) is 94.4 Å². The smallest absolute Gasteiger partial charge is 0.261 e. The van der Waals surface area contributed by atoms with Crippen molar-refractivity contribution in [1.29, 1.82) is 0 Å². The van der Waals surface area contributed by atoms with Gasteiger partial charge in [0.2, 0.25) is 0 Å². The molecule has 0 fully saturated rings. The van der Waals surface area contributed by atoms with Crippen LogP contribution in [0.15, 0.2) is 73.3 Å². The molecule has 0 unspecified atom stereocenters. The van der Waals surface area contributed by atoms with Crippen molar-refractivity contribution in [1.82, 2.24) is 0 Å². The van der Waals surface area contributed by atoms with Gasteiger partial charge in [0.15, 0.2) is 0 Å². The highest BCUT2D eigenvalue weighted by Gasteiger charge is 2.50. The molecular formula is C22H30O2Si. The van der Waals surface area contributed by atoms with Gasteiger partial charge in [-0.2, -0.15) is 0 Å². The van der Waals surface area contributed by atoms with Crippen molar-refractivity contribution in [3.05, 3.63) is 73.3 Å². The fourth-order valence-corrected chi connectivity index (χ4v) is 8.02. The van der Waals surface area contributed by atoms with E-state index in [9.17, 15) is 5.11 Å². The lowest BCUT2D eigenvalue weighted by Crippen LogP contribution is -2.67. The van der Waals surface area contributed by atoms with Crippen LogP contribution in [0.3, 0.4) is 0 Å². The molecule has 0 bridgehead atoms. The minimum Gasteiger partial charge on any atom is -0.407 e. The molecule has 25 heavy (non-hydrogen) atoms. The Hall–Kier alpha value is -1.68. The first-order valence-electron chi connectivity index (χ1n) is 8.88. The molecule has 3 heteroatoms. The monoisotopic (exact) mass is 354 g/mol. The van der Waals surface area contributed by atoms with Crippen molar-refractivity contribution in [3.63, 3.8) is 0 Å². The van der Waals surface area contributed by atoms with Crippen LogP contribution in [0, 0.1) is 5.92 Å². The van der Waals surface area contributed by atoms with Gasteiger partial charge < -0.3 is 9.53 Å². The Morgan fingerprint density at radius 1 is 1.00 bits per heavy atom. The van der Waals surface area contributed by atoms with Crippen LogP contribution in [0.25, 0.3) is 0 Å². The standard InChI is InChI=1S/C22H30O2Si/c1-6-21(23)18(2)17-24-25(22(3,4)5,19-13-9-7-10-14-19)20-15-11-8-12-16-20/h6-16,18,21,23H,1,17H2,2-5H3/t18-,21+/m1/s1. The zero-order valence-corrected chi connectivity index (χ0v) is 16.8. The van der Waals surface area contributed by atoms with Crippen LogP contribution in [0.4, 0.5) is 0 Å². The maximum atomic E-state index is 10.1. The summed E-state index contributed by atoms with van der Waals surface area (Å²) >= 11 is 0. The topological polar surface area (TPSA) is 29.5 Å². The Bertz CT molecular complexity index is 622. The SMILES string of the molecule is C=C[C@H](O)[C@H](C)CO[Si](c1ccccc1)(c1ccccc1)C(C)(C)C. The number of aliphatic hydroxyl groups excluding tert-OH is 1. The van der Waals surface area contributed by atoms with Gasteiger partial charge in [-0.3, -0.25) is 0 Å². The Balaban J connectivity index is 2.55. The number of hydrogen-bond acceptors (Lipinski definition) is 2. The molecule has 0 spiro atoms. The van der Waals surface area contributed by atoms with Gasteiger partial charge in [-0.15, -0.1) is 6.58 Å². The minimum absolute atomic E-state index is 0.000788. The first kappa shape index (κ1) is 19.6. The van der Waals surface area contributed by atoms with Crippen molar-refractivity contribution in [3.8, 4) is 0 Å². The summed E-state index contributed by atoms with van der Waals surface area (Å²) in [6.45, 7) is 13.0. The Morgan fingerprint density at radius 3 is 1.80 bits per heavy atom. The second kappa shape index (κ2) is 8.13. The van der Waals surface area contributed by atoms with E-state index in [-0.39, 0.29) is 11.0 Å². The molecule has 2 nitrogen and oxygen atoms in total. The van der Waals surface area contributed by atoms with Gasteiger partial charge >= 0.3 is 0 Å². The molecule has 0 saturated heterocycles. The van der Waals surface area contributed by atoms with Gasteiger partial charge in [0.1, 0.15) is 0 Å². The molecule has 0 aromatic heterocycles. The third-order valence-electron chi connectivity index (χ3n) is 4.80. The molecule has 0 heterocycles. The summed E-state index contributed by atoms with van der Waals surface area (Å²) in [6, 6.07) is 21.1. The summed E-state index contributed by atoms with van der Waals surface area (Å²) in [4.78, 5) is 0. The molecule has 0 saturated carbocycles. The van der Waals surface area contributed by atoms with Crippen molar-refractivity contribution < 1.29 is 9.53 Å². The van der Waals surface area contributed by atoms with Gasteiger partial charge in [-0.25, -0.2) is 0 Å². The third kappa shape index (κ3) is 4.11.